The number of benzene rings is 1. The summed E-state index contributed by atoms with van der Waals surface area (Å²) in [7, 11) is 1.64. The van der Waals surface area contributed by atoms with Crippen LogP contribution in [-0.4, -0.2) is 39.4 Å². The number of methoxy groups -OCH3 is 1. The summed E-state index contributed by atoms with van der Waals surface area (Å²) in [5.74, 6) is 0.570. The Bertz CT molecular complexity index is 967. The van der Waals surface area contributed by atoms with Gasteiger partial charge in [-0.3, -0.25) is 9.69 Å². The van der Waals surface area contributed by atoms with E-state index in [0.717, 1.165) is 35.5 Å². The number of carbonyl (C=O) groups excluding carboxylic acids is 1. The number of pyridine rings is 1. The van der Waals surface area contributed by atoms with Gasteiger partial charge in [-0.2, -0.15) is 0 Å². The molecule has 0 unspecified atom stereocenters. The van der Waals surface area contributed by atoms with Crippen LogP contribution in [0.1, 0.15) is 35.5 Å². The lowest BCUT2D eigenvalue weighted by Crippen LogP contribution is -2.36. The molecule has 7 heteroatoms. The van der Waals surface area contributed by atoms with Gasteiger partial charge >= 0.3 is 0 Å². The molecule has 0 aliphatic carbocycles. The third-order valence-electron chi connectivity index (χ3n) is 4.99. The molecule has 3 heterocycles. The standard InChI is InChI=1S/C21H23N5O2/c1-14(27)25-17-7-5-15(6-8-17)20-19-18(23-13-24-19)9-11-26(20)12-16-4-3-10-22-21(16)28-2/h3-8,10,13,20H,9,11-12H2,1-2H3,(H,23,24)(H,25,27)/t20-/m1/s1. The van der Waals surface area contributed by atoms with E-state index in [9.17, 15) is 4.79 Å². The fourth-order valence-electron chi connectivity index (χ4n) is 3.76. The number of ether oxygens (including phenoxy) is 1. The fraction of sp³-hybridized carbons (Fsp3) is 0.286. The third-order valence-corrected chi connectivity index (χ3v) is 4.99. The van der Waals surface area contributed by atoms with E-state index in [0.29, 0.717) is 12.4 Å². The second kappa shape index (κ2) is 7.82. The summed E-state index contributed by atoms with van der Waals surface area (Å²) in [5.41, 5.74) is 5.18. The van der Waals surface area contributed by atoms with Crippen LogP contribution < -0.4 is 10.1 Å². The number of imidazole rings is 1. The molecule has 0 bridgehead atoms. The van der Waals surface area contributed by atoms with Crippen LogP contribution in [0, 0.1) is 0 Å². The summed E-state index contributed by atoms with van der Waals surface area (Å²) in [6, 6.07) is 12.0. The highest BCUT2D eigenvalue weighted by molar-refractivity contribution is 5.88. The van der Waals surface area contributed by atoms with Crippen LogP contribution in [0.25, 0.3) is 0 Å². The zero-order valence-electron chi connectivity index (χ0n) is 16.0. The van der Waals surface area contributed by atoms with Gasteiger partial charge in [0.1, 0.15) is 0 Å². The van der Waals surface area contributed by atoms with E-state index in [1.165, 1.54) is 12.6 Å². The van der Waals surface area contributed by atoms with Crippen LogP contribution >= 0.6 is 0 Å². The minimum atomic E-state index is -0.0784. The molecule has 1 aliphatic rings. The molecule has 2 aromatic heterocycles. The molecule has 0 fully saturated rings. The molecule has 0 radical (unpaired) electrons. The molecule has 0 saturated carbocycles. The van der Waals surface area contributed by atoms with E-state index in [1.54, 1.807) is 19.6 Å². The van der Waals surface area contributed by atoms with Crippen molar-refractivity contribution in [2.24, 2.45) is 0 Å². The number of hydrogen-bond donors (Lipinski definition) is 2. The summed E-state index contributed by atoms with van der Waals surface area (Å²) in [6.45, 7) is 3.11. The Labute approximate surface area is 163 Å². The molecule has 0 spiro atoms. The van der Waals surface area contributed by atoms with E-state index in [1.807, 2.05) is 36.4 Å². The van der Waals surface area contributed by atoms with Crippen molar-refractivity contribution in [2.45, 2.75) is 25.9 Å². The highest BCUT2D eigenvalue weighted by Gasteiger charge is 2.31. The van der Waals surface area contributed by atoms with E-state index >= 15 is 0 Å². The Morgan fingerprint density at radius 1 is 1.29 bits per heavy atom. The molecule has 3 aromatic rings. The maximum absolute atomic E-state index is 11.3. The number of hydrogen-bond acceptors (Lipinski definition) is 5. The van der Waals surface area contributed by atoms with Crippen molar-refractivity contribution in [3.63, 3.8) is 0 Å². The quantitative estimate of drug-likeness (QED) is 0.714. The van der Waals surface area contributed by atoms with Crippen molar-refractivity contribution in [3.05, 3.63) is 71.4 Å². The number of fused-ring (bicyclic) bond motifs is 1. The molecule has 1 aromatic carbocycles. The van der Waals surface area contributed by atoms with Crippen LogP contribution in [0.5, 0.6) is 5.88 Å². The van der Waals surface area contributed by atoms with Gasteiger partial charge in [-0.25, -0.2) is 9.97 Å². The number of anilines is 1. The number of amides is 1. The minimum Gasteiger partial charge on any atom is -0.481 e. The normalized spacial score (nSPS) is 16.4. The van der Waals surface area contributed by atoms with Crippen LogP contribution in [0.15, 0.2) is 48.9 Å². The summed E-state index contributed by atoms with van der Waals surface area (Å²) in [5, 5.41) is 2.82. The van der Waals surface area contributed by atoms with E-state index in [2.05, 4.69) is 25.2 Å². The number of aromatic amines is 1. The molecule has 7 nitrogen and oxygen atoms in total. The number of nitrogens with zero attached hydrogens (tertiary/aromatic N) is 3. The van der Waals surface area contributed by atoms with Crippen LogP contribution in [-0.2, 0) is 17.8 Å². The first-order chi connectivity index (χ1) is 13.7. The lowest BCUT2D eigenvalue weighted by atomic mass is 9.95. The van der Waals surface area contributed by atoms with Gasteiger partial charge < -0.3 is 15.0 Å². The summed E-state index contributed by atoms with van der Waals surface area (Å²) in [4.78, 5) is 25.9. The van der Waals surface area contributed by atoms with Gasteiger partial charge in [-0.05, 0) is 23.8 Å². The maximum atomic E-state index is 11.3. The van der Waals surface area contributed by atoms with Crippen LogP contribution in [0.4, 0.5) is 5.69 Å². The lowest BCUT2D eigenvalue weighted by molar-refractivity contribution is -0.114. The first-order valence-corrected chi connectivity index (χ1v) is 9.27. The largest absolute Gasteiger partial charge is 0.481 e. The molecular weight excluding hydrogens is 354 g/mol. The number of aromatic nitrogens is 3. The van der Waals surface area contributed by atoms with Gasteiger partial charge in [0.25, 0.3) is 0 Å². The first kappa shape index (κ1) is 18.2. The second-order valence-corrected chi connectivity index (χ2v) is 6.86. The zero-order chi connectivity index (χ0) is 19.5. The van der Waals surface area contributed by atoms with Crippen molar-refractivity contribution in [1.82, 2.24) is 19.9 Å². The van der Waals surface area contributed by atoms with Gasteiger partial charge in [0.05, 0.1) is 25.2 Å². The number of nitrogens with one attached hydrogen (secondary N) is 2. The fourth-order valence-corrected chi connectivity index (χ4v) is 3.76. The van der Waals surface area contributed by atoms with Crippen molar-refractivity contribution in [3.8, 4) is 5.88 Å². The predicted molar refractivity (Wildman–Crippen MR) is 106 cm³/mol. The molecule has 4 rings (SSSR count). The van der Waals surface area contributed by atoms with Crippen molar-refractivity contribution in [2.75, 3.05) is 19.0 Å². The van der Waals surface area contributed by atoms with Crippen molar-refractivity contribution in [1.29, 1.82) is 0 Å². The molecule has 1 aliphatic heterocycles. The summed E-state index contributed by atoms with van der Waals surface area (Å²) < 4.78 is 5.44. The zero-order valence-corrected chi connectivity index (χ0v) is 16.0. The average molecular weight is 377 g/mol. The molecule has 0 saturated heterocycles. The lowest BCUT2D eigenvalue weighted by Gasteiger charge is -2.35. The van der Waals surface area contributed by atoms with E-state index in [-0.39, 0.29) is 11.9 Å². The van der Waals surface area contributed by atoms with Crippen LogP contribution in [0.3, 0.4) is 0 Å². The highest BCUT2D eigenvalue weighted by Crippen LogP contribution is 2.35. The topological polar surface area (TPSA) is 83.1 Å². The van der Waals surface area contributed by atoms with E-state index in [4.69, 9.17) is 4.74 Å². The molecule has 1 atom stereocenters. The Balaban J connectivity index is 1.67. The maximum Gasteiger partial charge on any atom is 0.221 e. The number of carbonyl (C=O) groups is 1. The van der Waals surface area contributed by atoms with Gasteiger partial charge in [0.15, 0.2) is 0 Å². The van der Waals surface area contributed by atoms with E-state index < -0.39 is 0 Å². The van der Waals surface area contributed by atoms with Gasteiger partial charge in [-0.15, -0.1) is 0 Å². The summed E-state index contributed by atoms with van der Waals surface area (Å²) in [6.07, 6.45) is 4.42. The third kappa shape index (κ3) is 3.61. The molecular formula is C21H23N5O2. The van der Waals surface area contributed by atoms with Crippen LogP contribution in [0.2, 0.25) is 0 Å². The number of rotatable bonds is 5. The molecule has 1 amide bonds. The summed E-state index contributed by atoms with van der Waals surface area (Å²) >= 11 is 0. The molecule has 2 N–H and O–H groups in total. The SMILES string of the molecule is COc1ncccc1CN1CCc2[nH]cnc2[C@H]1c1ccc(NC(C)=O)cc1. The van der Waals surface area contributed by atoms with Gasteiger partial charge in [-0.1, -0.05) is 18.2 Å². The second-order valence-electron chi connectivity index (χ2n) is 6.86. The van der Waals surface area contributed by atoms with Gasteiger partial charge in [0, 0.05) is 49.6 Å². The Hall–Kier alpha value is -3.19. The average Bonchev–Trinajstić information content (AvgIpc) is 3.17. The molecule has 28 heavy (non-hydrogen) atoms. The number of H-pyrrole nitrogens is 1. The van der Waals surface area contributed by atoms with Crippen molar-refractivity contribution >= 4 is 11.6 Å². The van der Waals surface area contributed by atoms with Crippen molar-refractivity contribution < 1.29 is 9.53 Å². The predicted octanol–water partition coefficient (Wildman–Crippen LogP) is 2.92. The Kier molecular flexibility index (Phi) is 5.08. The Morgan fingerprint density at radius 3 is 2.86 bits per heavy atom. The minimum absolute atomic E-state index is 0.0197. The monoisotopic (exact) mass is 377 g/mol. The van der Waals surface area contributed by atoms with Gasteiger partial charge in [0.2, 0.25) is 11.8 Å². The smallest absolute Gasteiger partial charge is 0.221 e. The first-order valence-electron chi connectivity index (χ1n) is 9.27. The molecule has 144 valence electrons. The Morgan fingerprint density at radius 2 is 2.11 bits per heavy atom. The highest BCUT2D eigenvalue weighted by atomic mass is 16.5.